The van der Waals surface area contributed by atoms with Gasteiger partial charge in [-0.2, -0.15) is 8.78 Å². The molecule has 2 aromatic rings. The Morgan fingerprint density at radius 3 is 2.52 bits per heavy atom. The van der Waals surface area contributed by atoms with Crippen molar-refractivity contribution in [1.82, 2.24) is 10.3 Å². The molecular weight excluding hydrogens is 310 g/mol. The zero-order chi connectivity index (χ0) is 17.0. The van der Waals surface area contributed by atoms with Crippen molar-refractivity contribution in [3.05, 3.63) is 47.2 Å². The molecule has 0 fully saturated rings. The van der Waals surface area contributed by atoms with Gasteiger partial charge in [-0.3, -0.25) is 4.79 Å². The van der Waals surface area contributed by atoms with Crippen molar-refractivity contribution in [2.75, 3.05) is 6.54 Å². The Kier molecular flexibility index (Phi) is 5.28. The summed E-state index contributed by atoms with van der Waals surface area (Å²) in [5, 5.41) is 12.5. The van der Waals surface area contributed by atoms with Crippen LogP contribution in [0.3, 0.4) is 0 Å². The van der Waals surface area contributed by atoms with E-state index in [1.807, 2.05) is 0 Å². The molecule has 1 aromatic carbocycles. The Balaban J connectivity index is 1.92. The molecule has 1 heterocycles. The van der Waals surface area contributed by atoms with Crippen LogP contribution in [0.15, 0.2) is 28.7 Å². The van der Waals surface area contributed by atoms with Crippen molar-refractivity contribution in [3.63, 3.8) is 0 Å². The van der Waals surface area contributed by atoms with Crippen molar-refractivity contribution in [1.29, 1.82) is 0 Å². The van der Waals surface area contributed by atoms with Gasteiger partial charge in [-0.25, -0.2) is 4.98 Å². The highest BCUT2D eigenvalue weighted by molar-refractivity contribution is 5.92. The molecule has 2 rings (SSSR count). The maximum absolute atomic E-state index is 12.1. The fraction of sp³-hybridized carbons (Fsp3) is 0.333. The van der Waals surface area contributed by atoms with Crippen LogP contribution in [-0.2, 0) is 0 Å². The number of aliphatic hydroxyl groups excluding tert-OH is 1. The number of aryl methyl sites for hydroxylation is 2. The Morgan fingerprint density at radius 2 is 2.00 bits per heavy atom. The van der Waals surface area contributed by atoms with E-state index in [1.165, 1.54) is 24.3 Å². The van der Waals surface area contributed by atoms with Gasteiger partial charge in [0.15, 0.2) is 5.89 Å². The lowest BCUT2D eigenvalue weighted by Gasteiger charge is -2.12. The van der Waals surface area contributed by atoms with Crippen LogP contribution < -0.4 is 10.1 Å². The molecular formula is C15H16F2N2O4. The zero-order valence-corrected chi connectivity index (χ0v) is 12.5. The smallest absolute Gasteiger partial charge is 0.387 e. The molecule has 1 atom stereocenters. The number of benzene rings is 1. The average Bonchev–Trinajstić information content (AvgIpc) is 2.83. The SMILES string of the molecule is Cc1nc(C)c(C(=O)NCC(O)c2ccc(OC(F)F)cc2)o1. The number of alkyl halides is 2. The van der Waals surface area contributed by atoms with Gasteiger partial charge < -0.3 is 19.6 Å². The molecule has 0 aliphatic heterocycles. The number of halogens is 2. The first kappa shape index (κ1) is 16.9. The largest absolute Gasteiger partial charge is 0.436 e. The van der Waals surface area contributed by atoms with E-state index in [4.69, 9.17) is 4.42 Å². The van der Waals surface area contributed by atoms with E-state index in [1.54, 1.807) is 13.8 Å². The number of nitrogens with one attached hydrogen (secondary N) is 1. The molecule has 0 spiro atoms. The lowest BCUT2D eigenvalue weighted by Crippen LogP contribution is -2.28. The predicted molar refractivity (Wildman–Crippen MR) is 76.3 cm³/mol. The number of aromatic nitrogens is 1. The first-order valence-corrected chi connectivity index (χ1v) is 6.82. The van der Waals surface area contributed by atoms with Gasteiger partial charge in [0.2, 0.25) is 5.76 Å². The molecule has 0 aliphatic carbocycles. The van der Waals surface area contributed by atoms with Crippen molar-refractivity contribution >= 4 is 5.91 Å². The quantitative estimate of drug-likeness (QED) is 0.851. The van der Waals surface area contributed by atoms with Crippen molar-refractivity contribution < 1.29 is 27.8 Å². The number of nitrogens with zero attached hydrogens (tertiary/aromatic N) is 1. The maximum Gasteiger partial charge on any atom is 0.387 e. The third-order valence-electron chi connectivity index (χ3n) is 3.06. The second kappa shape index (κ2) is 7.19. The molecule has 1 aromatic heterocycles. The summed E-state index contributed by atoms with van der Waals surface area (Å²) in [7, 11) is 0. The number of hydrogen-bond acceptors (Lipinski definition) is 5. The Morgan fingerprint density at radius 1 is 1.35 bits per heavy atom. The van der Waals surface area contributed by atoms with Gasteiger partial charge in [-0.15, -0.1) is 0 Å². The summed E-state index contributed by atoms with van der Waals surface area (Å²) in [6, 6.07) is 5.52. The second-order valence-electron chi connectivity index (χ2n) is 4.82. The van der Waals surface area contributed by atoms with Crippen LogP contribution in [0.1, 0.15) is 33.8 Å². The zero-order valence-electron chi connectivity index (χ0n) is 12.5. The Labute approximate surface area is 131 Å². The topological polar surface area (TPSA) is 84.6 Å². The molecule has 0 radical (unpaired) electrons. The standard InChI is InChI=1S/C15H16F2N2O4/c1-8-13(22-9(2)19-8)14(21)18-7-12(20)10-3-5-11(6-4-10)23-15(16)17/h3-6,12,15,20H,7H2,1-2H3,(H,18,21). The van der Waals surface area contributed by atoms with Gasteiger partial charge in [0.05, 0.1) is 11.8 Å². The molecule has 1 unspecified atom stereocenters. The van der Waals surface area contributed by atoms with E-state index in [2.05, 4.69) is 15.0 Å². The van der Waals surface area contributed by atoms with Crippen LogP contribution in [0, 0.1) is 13.8 Å². The summed E-state index contributed by atoms with van der Waals surface area (Å²) in [6.07, 6.45) is -0.996. The molecule has 0 saturated heterocycles. The first-order valence-electron chi connectivity index (χ1n) is 6.82. The molecule has 124 valence electrons. The van der Waals surface area contributed by atoms with Crippen molar-refractivity contribution in [3.8, 4) is 5.75 Å². The van der Waals surface area contributed by atoms with Gasteiger partial charge in [0.25, 0.3) is 5.91 Å². The predicted octanol–water partition coefficient (Wildman–Crippen LogP) is 2.36. The highest BCUT2D eigenvalue weighted by Gasteiger charge is 2.17. The fourth-order valence-electron chi connectivity index (χ4n) is 2.00. The summed E-state index contributed by atoms with van der Waals surface area (Å²) in [5.41, 5.74) is 0.917. The van der Waals surface area contributed by atoms with Gasteiger partial charge in [-0.1, -0.05) is 12.1 Å². The summed E-state index contributed by atoms with van der Waals surface area (Å²) < 4.78 is 33.5. The van der Waals surface area contributed by atoms with Crippen LogP contribution in [-0.4, -0.2) is 29.2 Å². The van der Waals surface area contributed by atoms with Crippen molar-refractivity contribution in [2.24, 2.45) is 0 Å². The minimum atomic E-state index is -2.90. The number of oxazole rings is 1. The fourth-order valence-corrected chi connectivity index (χ4v) is 2.00. The number of hydrogen-bond donors (Lipinski definition) is 2. The van der Waals surface area contributed by atoms with E-state index in [-0.39, 0.29) is 18.1 Å². The molecule has 0 aliphatic rings. The van der Waals surface area contributed by atoms with Crippen LogP contribution in [0.5, 0.6) is 5.75 Å². The van der Waals surface area contributed by atoms with Crippen LogP contribution in [0.25, 0.3) is 0 Å². The van der Waals surface area contributed by atoms with E-state index >= 15 is 0 Å². The maximum atomic E-state index is 12.1. The minimum Gasteiger partial charge on any atom is -0.436 e. The molecule has 1 amide bonds. The van der Waals surface area contributed by atoms with Crippen molar-refractivity contribution in [2.45, 2.75) is 26.6 Å². The average molecular weight is 326 g/mol. The number of carbonyl (C=O) groups is 1. The normalized spacial score (nSPS) is 12.3. The van der Waals surface area contributed by atoms with Gasteiger partial charge in [-0.05, 0) is 24.6 Å². The number of rotatable bonds is 6. The number of aliphatic hydroxyl groups is 1. The minimum absolute atomic E-state index is 0.00672. The Bertz CT molecular complexity index is 671. The van der Waals surface area contributed by atoms with Gasteiger partial charge in [0.1, 0.15) is 5.75 Å². The van der Waals surface area contributed by atoms with E-state index in [0.29, 0.717) is 17.1 Å². The summed E-state index contributed by atoms with van der Waals surface area (Å²) in [4.78, 5) is 15.9. The van der Waals surface area contributed by atoms with E-state index in [9.17, 15) is 18.7 Å². The number of ether oxygens (including phenoxy) is 1. The summed E-state index contributed by atoms with van der Waals surface area (Å²) in [6.45, 7) is 0.303. The molecule has 8 heteroatoms. The molecule has 0 saturated carbocycles. The van der Waals surface area contributed by atoms with Gasteiger partial charge in [0, 0.05) is 13.5 Å². The second-order valence-corrected chi connectivity index (χ2v) is 4.82. The third kappa shape index (κ3) is 4.49. The number of amides is 1. The Hall–Kier alpha value is -2.48. The highest BCUT2D eigenvalue weighted by Crippen LogP contribution is 2.19. The highest BCUT2D eigenvalue weighted by atomic mass is 19.3. The van der Waals surface area contributed by atoms with Gasteiger partial charge >= 0.3 is 6.61 Å². The first-order chi connectivity index (χ1) is 10.9. The monoisotopic (exact) mass is 326 g/mol. The molecule has 6 nitrogen and oxygen atoms in total. The summed E-state index contributed by atoms with van der Waals surface area (Å²) in [5.74, 6) is -0.0225. The van der Waals surface area contributed by atoms with Crippen LogP contribution >= 0.6 is 0 Å². The molecule has 2 N–H and O–H groups in total. The number of carbonyl (C=O) groups excluding carboxylic acids is 1. The third-order valence-corrected chi connectivity index (χ3v) is 3.06. The lowest BCUT2D eigenvalue weighted by atomic mass is 10.1. The van der Waals surface area contributed by atoms with E-state index in [0.717, 1.165) is 0 Å². The summed E-state index contributed by atoms with van der Waals surface area (Å²) >= 11 is 0. The molecule has 0 bridgehead atoms. The van der Waals surface area contributed by atoms with Crippen LogP contribution in [0.4, 0.5) is 8.78 Å². The van der Waals surface area contributed by atoms with E-state index < -0.39 is 18.6 Å². The lowest BCUT2D eigenvalue weighted by molar-refractivity contribution is -0.0498. The molecule has 23 heavy (non-hydrogen) atoms. The van der Waals surface area contributed by atoms with Crippen LogP contribution in [0.2, 0.25) is 0 Å².